The lowest BCUT2D eigenvalue weighted by atomic mass is 10.1. The Morgan fingerprint density at radius 2 is 2.00 bits per heavy atom. The summed E-state index contributed by atoms with van der Waals surface area (Å²) in [5.41, 5.74) is 2.54. The molecule has 1 N–H and O–H groups in total. The van der Waals surface area contributed by atoms with Gasteiger partial charge in [-0.15, -0.1) is 0 Å². The number of hydrogen-bond donors (Lipinski definition) is 1. The molecular weight excluding hydrogens is 288 g/mol. The van der Waals surface area contributed by atoms with Crippen molar-refractivity contribution in [3.05, 3.63) is 35.4 Å². The molecule has 1 saturated heterocycles. The largest absolute Gasteiger partial charge is 0.357 e. The Kier molecular flexibility index (Phi) is 6.44. The molecule has 1 aromatic rings. The van der Waals surface area contributed by atoms with E-state index in [0.29, 0.717) is 0 Å². The lowest BCUT2D eigenvalue weighted by molar-refractivity contribution is -0.128. The van der Waals surface area contributed by atoms with E-state index in [4.69, 9.17) is 0 Å². The predicted molar refractivity (Wildman–Crippen MR) is 94.4 cm³/mol. The zero-order valence-electron chi connectivity index (χ0n) is 14.5. The van der Waals surface area contributed by atoms with Gasteiger partial charge < -0.3 is 15.1 Å². The van der Waals surface area contributed by atoms with Crippen LogP contribution in [0.3, 0.4) is 0 Å². The van der Waals surface area contributed by atoms with Crippen molar-refractivity contribution in [2.75, 3.05) is 33.2 Å². The third-order valence-electron chi connectivity index (χ3n) is 4.19. The minimum atomic E-state index is 0.127. The van der Waals surface area contributed by atoms with E-state index in [0.717, 1.165) is 45.0 Å². The van der Waals surface area contributed by atoms with Gasteiger partial charge in [0, 0.05) is 33.2 Å². The summed E-state index contributed by atoms with van der Waals surface area (Å²) in [5, 5.41) is 3.27. The molecular formula is C18H28N4O. The van der Waals surface area contributed by atoms with E-state index in [1.54, 1.807) is 0 Å². The normalized spacial score (nSPS) is 14.9. The van der Waals surface area contributed by atoms with Crippen LogP contribution in [-0.2, 0) is 11.3 Å². The summed E-state index contributed by atoms with van der Waals surface area (Å²) < 4.78 is 0. The number of carbonyl (C=O) groups excluding carboxylic acids is 1. The van der Waals surface area contributed by atoms with Crippen LogP contribution in [-0.4, -0.2) is 54.9 Å². The fourth-order valence-electron chi connectivity index (χ4n) is 2.80. The highest BCUT2D eigenvalue weighted by molar-refractivity contribution is 5.85. The molecule has 1 aromatic carbocycles. The van der Waals surface area contributed by atoms with E-state index in [-0.39, 0.29) is 12.5 Å². The number of guanidine groups is 1. The fourth-order valence-corrected chi connectivity index (χ4v) is 2.80. The molecule has 0 atom stereocenters. The second kappa shape index (κ2) is 8.56. The summed E-state index contributed by atoms with van der Waals surface area (Å²) in [6.45, 7) is 7.70. The summed E-state index contributed by atoms with van der Waals surface area (Å²) in [5.74, 6) is 0.908. The molecule has 0 aliphatic carbocycles. The lowest BCUT2D eigenvalue weighted by Crippen LogP contribution is -2.40. The van der Waals surface area contributed by atoms with Crippen LogP contribution in [0.15, 0.2) is 29.3 Å². The van der Waals surface area contributed by atoms with Crippen LogP contribution >= 0.6 is 0 Å². The number of aryl methyl sites for hydroxylation is 1. The molecule has 0 bridgehead atoms. The molecule has 1 fully saturated rings. The molecule has 126 valence electrons. The topological polar surface area (TPSA) is 47.9 Å². The average molecular weight is 316 g/mol. The number of amides is 1. The summed E-state index contributed by atoms with van der Waals surface area (Å²) >= 11 is 0. The smallest absolute Gasteiger partial charge is 0.244 e. The van der Waals surface area contributed by atoms with E-state index < -0.39 is 0 Å². The number of rotatable bonds is 5. The van der Waals surface area contributed by atoms with E-state index in [9.17, 15) is 4.79 Å². The first kappa shape index (κ1) is 17.3. The summed E-state index contributed by atoms with van der Waals surface area (Å²) in [7, 11) is 2.01. The lowest BCUT2D eigenvalue weighted by Gasteiger charge is -2.23. The zero-order chi connectivity index (χ0) is 16.7. The van der Waals surface area contributed by atoms with Crippen LogP contribution in [0.1, 0.15) is 30.9 Å². The van der Waals surface area contributed by atoms with Crippen molar-refractivity contribution in [1.29, 1.82) is 0 Å². The van der Waals surface area contributed by atoms with Crippen molar-refractivity contribution in [1.82, 2.24) is 15.1 Å². The molecule has 2 rings (SSSR count). The average Bonchev–Trinajstić information content (AvgIpc) is 3.07. The number of likely N-dealkylation sites (tertiary alicyclic amines) is 1. The van der Waals surface area contributed by atoms with E-state index in [2.05, 4.69) is 40.3 Å². The number of nitrogens with zero attached hydrogens (tertiary/aromatic N) is 3. The quantitative estimate of drug-likeness (QED) is 0.668. The Hall–Kier alpha value is -2.04. The number of carbonyl (C=O) groups is 1. The third-order valence-corrected chi connectivity index (χ3v) is 4.19. The highest BCUT2D eigenvalue weighted by Gasteiger charge is 2.17. The molecule has 1 heterocycles. The standard InChI is InChI=1S/C18H28N4O/c1-4-19-18(20-13-17(23)22-11-7-8-12-22)21(3)14-16-10-6-5-9-15(16)2/h5-6,9-10H,4,7-8,11-14H2,1-3H3,(H,19,20). The van der Waals surface area contributed by atoms with E-state index >= 15 is 0 Å². The molecule has 0 saturated carbocycles. The first-order valence-electron chi connectivity index (χ1n) is 8.43. The summed E-state index contributed by atoms with van der Waals surface area (Å²) in [6, 6.07) is 8.35. The molecule has 0 unspecified atom stereocenters. The van der Waals surface area contributed by atoms with Crippen molar-refractivity contribution in [2.24, 2.45) is 4.99 Å². The molecule has 0 radical (unpaired) electrons. The zero-order valence-corrected chi connectivity index (χ0v) is 14.5. The van der Waals surface area contributed by atoms with Gasteiger partial charge >= 0.3 is 0 Å². The van der Waals surface area contributed by atoms with E-state index in [1.165, 1.54) is 11.1 Å². The molecule has 5 heteroatoms. The van der Waals surface area contributed by atoms with Crippen molar-refractivity contribution in [2.45, 2.75) is 33.2 Å². The van der Waals surface area contributed by atoms with Crippen LogP contribution in [0.5, 0.6) is 0 Å². The number of hydrogen-bond acceptors (Lipinski definition) is 2. The van der Waals surface area contributed by atoms with Gasteiger partial charge in [0.1, 0.15) is 6.54 Å². The first-order chi connectivity index (χ1) is 11.1. The molecule has 1 aliphatic heterocycles. The van der Waals surface area contributed by atoms with Crippen molar-refractivity contribution >= 4 is 11.9 Å². The molecule has 1 aliphatic rings. The first-order valence-corrected chi connectivity index (χ1v) is 8.43. The fraction of sp³-hybridized carbons (Fsp3) is 0.556. The molecule has 0 spiro atoms. The highest BCUT2D eigenvalue weighted by atomic mass is 16.2. The second-order valence-corrected chi connectivity index (χ2v) is 6.04. The maximum Gasteiger partial charge on any atom is 0.244 e. The van der Waals surface area contributed by atoms with Gasteiger partial charge in [-0.1, -0.05) is 24.3 Å². The van der Waals surface area contributed by atoms with Crippen molar-refractivity contribution in [3.8, 4) is 0 Å². The van der Waals surface area contributed by atoms with Crippen molar-refractivity contribution in [3.63, 3.8) is 0 Å². The minimum Gasteiger partial charge on any atom is -0.357 e. The minimum absolute atomic E-state index is 0.127. The predicted octanol–water partition coefficient (Wildman–Crippen LogP) is 2.01. The van der Waals surface area contributed by atoms with Crippen LogP contribution in [0.2, 0.25) is 0 Å². The Labute approximate surface area is 139 Å². The monoisotopic (exact) mass is 316 g/mol. The van der Waals surface area contributed by atoms with Crippen LogP contribution < -0.4 is 5.32 Å². The van der Waals surface area contributed by atoms with Gasteiger partial charge in [-0.25, -0.2) is 4.99 Å². The Morgan fingerprint density at radius 1 is 1.30 bits per heavy atom. The van der Waals surface area contributed by atoms with Crippen LogP contribution in [0.25, 0.3) is 0 Å². The Morgan fingerprint density at radius 3 is 2.65 bits per heavy atom. The number of nitrogens with one attached hydrogen (secondary N) is 1. The third kappa shape index (κ3) is 4.98. The van der Waals surface area contributed by atoms with Gasteiger partial charge in [-0.3, -0.25) is 4.79 Å². The summed E-state index contributed by atoms with van der Waals surface area (Å²) in [6.07, 6.45) is 2.23. The van der Waals surface area contributed by atoms with Gasteiger partial charge in [-0.2, -0.15) is 0 Å². The van der Waals surface area contributed by atoms with Gasteiger partial charge in [0.05, 0.1) is 0 Å². The summed E-state index contributed by atoms with van der Waals surface area (Å²) in [4.78, 5) is 20.7. The van der Waals surface area contributed by atoms with E-state index in [1.807, 2.05) is 24.9 Å². The molecule has 1 amide bonds. The number of benzene rings is 1. The maximum atomic E-state index is 12.2. The highest BCUT2D eigenvalue weighted by Crippen LogP contribution is 2.10. The van der Waals surface area contributed by atoms with Crippen molar-refractivity contribution < 1.29 is 4.79 Å². The molecule has 23 heavy (non-hydrogen) atoms. The van der Waals surface area contributed by atoms with Crippen LogP contribution in [0.4, 0.5) is 0 Å². The SMILES string of the molecule is CCNC(=NCC(=O)N1CCCC1)N(C)Cc1ccccc1C. The second-order valence-electron chi connectivity index (χ2n) is 6.04. The maximum absolute atomic E-state index is 12.2. The Bertz CT molecular complexity index is 550. The van der Waals surface area contributed by atoms with Gasteiger partial charge in [0.15, 0.2) is 5.96 Å². The van der Waals surface area contributed by atoms with Gasteiger partial charge in [-0.05, 0) is 37.8 Å². The van der Waals surface area contributed by atoms with Gasteiger partial charge in [0.2, 0.25) is 5.91 Å². The number of aliphatic imine (C=N–C) groups is 1. The van der Waals surface area contributed by atoms with Crippen LogP contribution in [0, 0.1) is 6.92 Å². The molecule has 5 nitrogen and oxygen atoms in total. The van der Waals surface area contributed by atoms with Gasteiger partial charge in [0.25, 0.3) is 0 Å². The molecule has 0 aromatic heterocycles. The Balaban J connectivity index is 1.99.